The van der Waals surface area contributed by atoms with E-state index in [1.807, 2.05) is 0 Å². The Labute approximate surface area is 139 Å². The molecule has 1 aromatic carbocycles. The van der Waals surface area contributed by atoms with Gasteiger partial charge in [-0.2, -0.15) is 13.2 Å². The van der Waals surface area contributed by atoms with Crippen LogP contribution >= 0.6 is 0 Å². The number of rotatable bonds is 3. The molecule has 1 aromatic rings. The number of halogens is 3. The molecular formula is C17H21F3N2O2. The SMILES string of the molecule is CCN(C(=O)C1CCCN(C(C)=O)C1)c1ccc(C(F)(F)F)cc1. The normalized spacial score (nSPS) is 18.4. The number of carbonyl (C=O) groups is 2. The highest BCUT2D eigenvalue weighted by atomic mass is 19.4. The standard InChI is InChI=1S/C17H21F3N2O2/c1-3-22(15-8-6-14(7-9-15)17(18,19)20)16(24)13-5-4-10-21(11-13)12(2)23/h6-9,13H,3-5,10-11H2,1-2H3. The molecule has 2 amide bonds. The van der Waals surface area contributed by atoms with Crippen LogP contribution in [0.1, 0.15) is 32.3 Å². The van der Waals surface area contributed by atoms with Crippen molar-refractivity contribution in [3.63, 3.8) is 0 Å². The third kappa shape index (κ3) is 4.07. The Morgan fingerprint density at radius 3 is 2.38 bits per heavy atom. The molecule has 0 saturated carbocycles. The number of alkyl halides is 3. The molecule has 1 aliphatic heterocycles. The molecule has 1 atom stereocenters. The number of piperidine rings is 1. The van der Waals surface area contributed by atoms with Gasteiger partial charge in [0.2, 0.25) is 11.8 Å². The van der Waals surface area contributed by atoms with Crippen molar-refractivity contribution in [2.75, 3.05) is 24.5 Å². The minimum absolute atomic E-state index is 0.0647. The molecule has 0 aliphatic carbocycles. The minimum atomic E-state index is -4.40. The van der Waals surface area contributed by atoms with Crippen LogP contribution in [0.3, 0.4) is 0 Å². The van der Waals surface area contributed by atoms with Crippen LogP contribution in [-0.2, 0) is 15.8 Å². The largest absolute Gasteiger partial charge is 0.416 e. The summed E-state index contributed by atoms with van der Waals surface area (Å²) >= 11 is 0. The molecule has 1 aliphatic rings. The summed E-state index contributed by atoms with van der Waals surface area (Å²) in [5.74, 6) is -0.529. The van der Waals surface area contributed by atoms with E-state index in [4.69, 9.17) is 0 Å². The molecule has 1 unspecified atom stereocenters. The molecule has 7 heteroatoms. The highest BCUT2D eigenvalue weighted by molar-refractivity contribution is 5.95. The smallest absolute Gasteiger partial charge is 0.342 e. The van der Waals surface area contributed by atoms with Crippen molar-refractivity contribution >= 4 is 17.5 Å². The summed E-state index contributed by atoms with van der Waals surface area (Å²) in [4.78, 5) is 27.4. The number of nitrogens with zero attached hydrogens (tertiary/aromatic N) is 2. The first-order chi connectivity index (χ1) is 11.2. The van der Waals surface area contributed by atoms with Crippen LogP contribution in [0.15, 0.2) is 24.3 Å². The monoisotopic (exact) mass is 342 g/mol. The molecular weight excluding hydrogens is 321 g/mol. The predicted molar refractivity (Wildman–Crippen MR) is 84.4 cm³/mol. The Hall–Kier alpha value is -2.05. The first-order valence-electron chi connectivity index (χ1n) is 7.98. The van der Waals surface area contributed by atoms with Crippen molar-refractivity contribution < 1.29 is 22.8 Å². The third-order valence-electron chi connectivity index (χ3n) is 4.30. The first kappa shape index (κ1) is 18.3. The number of likely N-dealkylation sites (tertiary alicyclic amines) is 1. The van der Waals surface area contributed by atoms with Gasteiger partial charge >= 0.3 is 6.18 Å². The molecule has 1 saturated heterocycles. The second kappa shape index (κ2) is 7.23. The van der Waals surface area contributed by atoms with Crippen LogP contribution in [0.2, 0.25) is 0 Å². The van der Waals surface area contributed by atoms with Gasteiger partial charge in [-0.05, 0) is 44.0 Å². The predicted octanol–water partition coefficient (Wildman–Crippen LogP) is 3.32. The van der Waals surface area contributed by atoms with Gasteiger partial charge < -0.3 is 9.80 Å². The summed E-state index contributed by atoms with van der Waals surface area (Å²) < 4.78 is 38.0. The quantitative estimate of drug-likeness (QED) is 0.845. The molecule has 24 heavy (non-hydrogen) atoms. The van der Waals surface area contributed by atoms with Crippen molar-refractivity contribution in [3.05, 3.63) is 29.8 Å². The van der Waals surface area contributed by atoms with E-state index in [-0.39, 0.29) is 17.7 Å². The van der Waals surface area contributed by atoms with Crippen LogP contribution in [0.25, 0.3) is 0 Å². The summed E-state index contributed by atoms with van der Waals surface area (Å²) in [5.41, 5.74) is -0.300. The molecule has 4 nitrogen and oxygen atoms in total. The highest BCUT2D eigenvalue weighted by Crippen LogP contribution is 2.31. The average molecular weight is 342 g/mol. The van der Waals surface area contributed by atoms with Gasteiger partial charge in [0.25, 0.3) is 0 Å². The molecule has 0 N–H and O–H groups in total. The lowest BCUT2D eigenvalue weighted by Crippen LogP contribution is -2.46. The van der Waals surface area contributed by atoms with Crippen molar-refractivity contribution in [1.82, 2.24) is 4.90 Å². The topological polar surface area (TPSA) is 40.6 Å². The van der Waals surface area contributed by atoms with E-state index < -0.39 is 11.7 Å². The van der Waals surface area contributed by atoms with Gasteiger partial charge in [-0.3, -0.25) is 9.59 Å². The van der Waals surface area contributed by atoms with Gasteiger partial charge in [-0.1, -0.05) is 0 Å². The second-order valence-corrected chi connectivity index (χ2v) is 5.93. The fraction of sp³-hybridized carbons (Fsp3) is 0.529. The fourth-order valence-corrected chi connectivity index (χ4v) is 2.98. The van der Waals surface area contributed by atoms with Gasteiger partial charge in [0.05, 0.1) is 11.5 Å². The third-order valence-corrected chi connectivity index (χ3v) is 4.30. The Morgan fingerprint density at radius 1 is 1.25 bits per heavy atom. The van der Waals surface area contributed by atoms with Crippen LogP contribution < -0.4 is 4.90 Å². The maximum absolute atomic E-state index is 12.7. The highest BCUT2D eigenvalue weighted by Gasteiger charge is 2.32. The van der Waals surface area contributed by atoms with E-state index in [1.165, 1.54) is 24.0 Å². The number of anilines is 1. The van der Waals surface area contributed by atoms with E-state index in [9.17, 15) is 22.8 Å². The Balaban J connectivity index is 2.15. The Kier molecular flexibility index (Phi) is 5.51. The van der Waals surface area contributed by atoms with E-state index >= 15 is 0 Å². The zero-order valence-corrected chi connectivity index (χ0v) is 13.8. The molecule has 1 heterocycles. The molecule has 0 spiro atoms. The van der Waals surface area contributed by atoms with Gasteiger partial charge in [-0.25, -0.2) is 0 Å². The molecule has 2 rings (SSSR count). The fourth-order valence-electron chi connectivity index (χ4n) is 2.98. The van der Waals surface area contributed by atoms with E-state index in [1.54, 1.807) is 11.8 Å². The molecule has 132 valence electrons. The van der Waals surface area contributed by atoms with Gasteiger partial charge in [0, 0.05) is 32.2 Å². The molecule has 0 radical (unpaired) electrons. The maximum Gasteiger partial charge on any atom is 0.416 e. The summed E-state index contributed by atoms with van der Waals surface area (Å²) in [6.45, 7) is 4.62. The van der Waals surface area contributed by atoms with Crippen molar-refractivity contribution in [1.29, 1.82) is 0 Å². The van der Waals surface area contributed by atoms with E-state index in [0.717, 1.165) is 18.6 Å². The van der Waals surface area contributed by atoms with Gasteiger partial charge in [0.1, 0.15) is 0 Å². The summed E-state index contributed by atoms with van der Waals surface area (Å²) in [6, 6.07) is 4.59. The van der Waals surface area contributed by atoms with E-state index in [0.29, 0.717) is 31.7 Å². The van der Waals surface area contributed by atoms with Gasteiger partial charge in [0.15, 0.2) is 0 Å². The molecule has 0 aromatic heterocycles. The first-order valence-corrected chi connectivity index (χ1v) is 7.98. The zero-order valence-electron chi connectivity index (χ0n) is 13.8. The van der Waals surface area contributed by atoms with Crippen LogP contribution in [0, 0.1) is 5.92 Å². The number of amides is 2. The number of carbonyl (C=O) groups excluding carboxylic acids is 2. The zero-order chi connectivity index (χ0) is 17.9. The van der Waals surface area contributed by atoms with Crippen LogP contribution in [-0.4, -0.2) is 36.3 Å². The summed E-state index contributed by atoms with van der Waals surface area (Å²) in [5, 5.41) is 0. The lowest BCUT2D eigenvalue weighted by molar-refractivity contribution is -0.137. The summed E-state index contributed by atoms with van der Waals surface area (Å²) in [7, 11) is 0. The van der Waals surface area contributed by atoms with Crippen molar-refractivity contribution in [3.8, 4) is 0 Å². The number of hydrogen-bond acceptors (Lipinski definition) is 2. The lowest BCUT2D eigenvalue weighted by Gasteiger charge is -2.34. The Bertz CT molecular complexity index is 599. The van der Waals surface area contributed by atoms with E-state index in [2.05, 4.69) is 0 Å². The molecule has 0 bridgehead atoms. The maximum atomic E-state index is 12.7. The van der Waals surface area contributed by atoms with Crippen LogP contribution in [0.4, 0.5) is 18.9 Å². The van der Waals surface area contributed by atoms with Crippen molar-refractivity contribution in [2.24, 2.45) is 5.92 Å². The summed E-state index contributed by atoms with van der Waals surface area (Å²) in [6.07, 6.45) is -2.97. The lowest BCUT2D eigenvalue weighted by atomic mass is 9.96. The number of hydrogen-bond donors (Lipinski definition) is 0. The average Bonchev–Trinajstić information content (AvgIpc) is 2.55. The number of benzene rings is 1. The minimum Gasteiger partial charge on any atom is -0.342 e. The van der Waals surface area contributed by atoms with Gasteiger partial charge in [-0.15, -0.1) is 0 Å². The second-order valence-electron chi connectivity index (χ2n) is 5.93. The van der Waals surface area contributed by atoms with Crippen LogP contribution in [0.5, 0.6) is 0 Å². The molecule has 1 fully saturated rings. The van der Waals surface area contributed by atoms with Crippen molar-refractivity contribution in [2.45, 2.75) is 32.9 Å². The Morgan fingerprint density at radius 2 is 1.88 bits per heavy atom.